The highest BCUT2D eigenvalue weighted by Gasteiger charge is 2.21. The minimum Gasteiger partial charge on any atom is -0.211 e. The standard InChI is InChI=1S/C7H6ClNO/c8-7(9-6-10)4-2-1-3-5-7/h1-4H,5H2. The summed E-state index contributed by atoms with van der Waals surface area (Å²) in [4.78, 5) is 12.4. The predicted octanol–water partition coefficient (Wildman–Crippen LogP) is 1.77. The van der Waals surface area contributed by atoms with Crippen LogP contribution in [0, 0.1) is 0 Å². The molecule has 0 amide bonds. The van der Waals surface area contributed by atoms with Gasteiger partial charge in [0.15, 0.2) is 5.00 Å². The van der Waals surface area contributed by atoms with Crippen molar-refractivity contribution < 1.29 is 4.79 Å². The van der Waals surface area contributed by atoms with Crippen molar-refractivity contribution in [2.75, 3.05) is 0 Å². The lowest BCUT2D eigenvalue weighted by Crippen LogP contribution is -2.14. The topological polar surface area (TPSA) is 29.4 Å². The number of aliphatic imine (C=N–C) groups is 1. The predicted molar refractivity (Wildman–Crippen MR) is 39.6 cm³/mol. The summed E-state index contributed by atoms with van der Waals surface area (Å²) in [6.45, 7) is 0. The van der Waals surface area contributed by atoms with Crippen LogP contribution >= 0.6 is 11.6 Å². The van der Waals surface area contributed by atoms with E-state index in [1.807, 2.05) is 12.2 Å². The van der Waals surface area contributed by atoms with E-state index in [1.165, 1.54) is 6.08 Å². The zero-order valence-electron chi connectivity index (χ0n) is 5.25. The first-order chi connectivity index (χ1) is 4.77. The number of hydrogen-bond donors (Lipinski definition) is 0. The van der Waals surface area contributed by atoms with Gasteiger partial charge in [-0.05, 0) is 6.08 Å². The molecule has 2 nitrogen and oxygen atoms in total. The highest BCUT2D eigenvalue weighted by molar-refractivity contribution is 6.25. The molecule has 0 aromatic carbocycles. The quantitative estimate of drug-likeness (QED) is 0.246. The second kappa shape index (κ2) is 2.82. The number of isocyanates is 1. The largest absolute Gasteiger partial charge is 0.237 e. The first kappa shape index (κ1) is 7.26. The molecule has 0 radical (unpaired) electrons. The minimum absolute atomic E-state index is 0.556. The van der Waals surface area contributed by atoms with Crippen molar-refractivity contribution in [3.8, 4) is 0 Å². The summed E-state index contributed by atoms with van der Waals surface area (Å²) in [5.74, 6) is 0. The maximum atomic E-state index is 9.84. The number of carbonyl (C=O) groups excluding carboxylic acids is 1. The van der Waals surface area contributed by atoms with Gasteiger partial charge < -0.3 is 0 Å². The Labute approximate surface area is 63.9 Å². The summed E-state index contributed by atoms with van der Waals surface area (Å²) in [7, 11) is 0. The average Bonchev–Trinajstić information content (AvgIpc) is 1.89. The van der Waals surface area contributed by atoms with E-state index in [4.69, 9.17) is 11.6 Å². The summed E-state index contributed by atoms with van der Waals surface area (Å²) in [5, 5.41) is 0. The highest BCUT2D eigenvalue weighted by Crippen LogP contribution is 2.25. The van der Waals surface area contributed by atoms with Crippen molar-refractivity contribution >= 4 is 17.7 Å². The van der Waals surface area contributed by atoms with Crippen molar-refractivity contribution in [1.82, 2.24) is 0 Å². The zero-order valence-corrected chi connectivity index (χ0v) is 6.01. The molecule has 0 fully saturated rings. The Hall–Kier alpha value is -0.850. The first-order valence-corrected chi connectivity index (χ1v) is 3.27. The van der Waals surface area contributed by atoms with Crippen LogP contribution in [0.15, 0.2) is 29.3 Å². The number of allylic oxidation sites excluding steroid dienone is 2. The molecular formula is C7H6ClNO. The van der Waals surface area contributed by atoms with Crippen LogP contribution in [-0.2, 0) is 4.79 Å². The van der Waals surface area contributed by atoms with Gasteiger partial charge in [0.25, 0.3) is 0 Å². The van der Waals surface area contributed by atoms with Crippen LogP contribution < -0.4 is 0 Å². The zero-order chi connectivity index (χ0) is 7.45. The Kier molecular flexibility index (Phi) is 2.05. The molecule has 1 aliphatic carbocycles. The number of alkyl halides is 1. The van der Waals surface area contributed by atoms with E-state index in [0.29, 0.717) is 6.42 Å². The summed E-state index contributed by atoms with van der Waals surface area (Å²) in [6.07, 6.45) is 9.14. The summed E-state index contributed by atoms with van der Waals surface area (Å²) in [5.41, 5.74) is 0. The summed E-state index contributed by atoms with van der Waals surface area (Å²) in [6, 6.07) is 0. The molecule has 1 rings (SSSR count). The van der Waals surface area contributed by atoms with Crippen LogP contribution in [0.3, 0.4) is 0 Å². The maximum absolute atomic E-state index is 9.84. The number of rotatable bonds is 1. The molecule has 1 atom stereocenters. The molecule has 1 aliphatic rings. The molecule has 0 aromatic heterocycles. The first-order valence-electron chi connectivity index (χ1n) is 2.89. The minimum atomic E-state index is -0.865. The monoisotopic (exact) mass is 155 g/mol. The number of hydrogen-bond acceptors (Lipinski definition) is 2. The molecule has 10 heavy (non-hydrogen) atoms. The van der Waals surface area contributed by atoms with Gasteiger partial charge in [0.05, 0.1) is 0 Å². The number of halogens is 1. The van der Waals surface area contributed by atoms with Crippen LogP contribution in [0.5, 0.6) is 0 Å². The normalized spacial score (nSPS) is 29.7. The molecule has 1 unspecified atom stereocenters. The van der Waals surface area contributed by atoms with Crippen LogP contribution in [0.4, 0.5) is 0 Å². The smallest absolute Gasteiger partial charge is 0.211 e. The summed E-state index contributed by atoms with van der Waals surface area (Å²) >= 11 is 5.81. The molecule has 3 heteroatoms. The molecule has 0 N–H and O–H groups in total. The van der Waals surface area contributed by atoms with E-state index in [1.54, 1.807) is 12.2 Å². The van der Waals surface area contributed by atoms with Crippen molar-refractivity contribution in [3.05, 3.63) is 24.3 Å². The van der Waals surface area contributed by atoms with E-state index in [0.717, 1.165) is 0 Å². The molecule has 0 heterocycles. The molecule has 0 aliphatic heterocycles. The lowest BCUT2D eigenvalue weighted by Gasteiger charge is -2.15. The van der Waals surface area contributed by atoms with Crippen LogP contribution in [0.25, 0.3) is 0 Å². The Morgan fingerprint density at radius 1 is 1.60 bits per heavy atom. The fourth-order valence-electron chi connectivity index (χ4n) is 0.742. The molecule has 0 saturated heterocycles. The van der Waals surface area contributed by atoms with Crippen molar-refractivity contribution in [2.24, 2.45) is 4.99 Å². The number of nitrogens with zero attached hydrogens (tertiary/aromatic N) is 1. The van der Waals surface area contributed by atoms with E-state index in [-0.39, 0.29) is 0 Å². The fraction of sp³-hybridized carbons (Fsp3) is 0.286. The van der Waals surface area contributed by atoms with Gasteiger partial charge in [-0.3, -0.25) is 0 Å². The second-order valence-electron chi connectivity index (χ2n) is 2.01. The van der Waals surface area contributed by atoms with Gasteiger partial charge in [-0.25, -0.2) is 4.79 Å². The summed E-state index contributed by atoms with van der Waals surface area (Å²) < 4.78 is 0. The maximum Gasteiger partial charge on any atom is 0.237 e. The molecule has 0 aromatic rings. The Bertz CT molecular complexity index is 228. The van der Waals surface area contributed by atoms with Gasteiger partial charge in [-0.15, -0.1) is 0 Å². The van der Waals surface area contributed by atoms with Crippen molar-refractivity contribution in [1.29, 1.82) is 0 Å². The Balaban J connectivity index is 2.79. The molecular weight excluding hydrogens is 150 g/mol. The third-order valence-electron chi connectivity index (χ3n) is 1.23. The third-order valence-corrected chi connectivity index (χ3v) is 1.60. The van der Waals surface area contributed by atoms with E-state index in [9.17, 15) is 4.79 Å². The van der Waals surface area contributed by atoms with Gasteiger partial charge in [-0.1, -0.05) is 29.8 Å². The third kappa shape index (κ3) is 1.56. The van der Waals surface area contributed by atoms with Gasteiger partial charge in [0.1, 0.15) is 0 Å². The van der Waals surface area contributed by atoms with Crippen LogP contribution in [0.1, 0.15) is 6.42 Å². The van der Waals surface area contributed by atoms with Crippen LogP contribution in [0.2, 0.25) is 0 Å². The van der Waals surface area contributed by atoms with E-state index >= 15 is 0 Å². The van der Waals surface area contributed by atoms with Crippen molar-refractivity contribution in [2.45, 2.75) is 11.4 Å². The average molecular weight is 156 g/mol. The second-order valence-corrected chi connectivity index (χ2v) is 2.67. The van der Waals surface area contributed by atoms with E-state index < -0.39 is 5.00 Å². The van der Waals surface area contributed by atoms with Gasteiger partial charge in [0.2, 0.25) is 6.08 Å². The molecule has 52 valence electrons. The lowest BCUT2D eigenvalue weighted by molar-refractivity contribution is 0.557. The van der Waals surface area contributed by atoms with Crippen molar-refractivity contribution in [3.63, 3.8) is 0 Å². The van der Waals surface area contributed by atoms with Gasteiger partial charge >= 0.3 is 0 Å². The molecule has 0 spiro atoms. The molecule has 0 bridgehead atoms. The SMILES string of the molecule is O=C=NC1(Cl)C=CC=CC1. The van der Waals surface area contributed by atoms with E-state index in [2.05, 4.69) is 4.99 Å². The van der Waals surface area contributed by atoms with Gasteiger partial charge in [-0.2, -0.15) is 4.99 Å². The Morgan fingerprint density at radius 2 is 2.40 bits per heavy atom. The lowest BCUT2D eigenvalue weighted by atomic mass is 10.1. The van der Waals surface area contributed by atoms with Crippen LogP contribution in [-0.4, -0.2) is 11.1 Å². The highest BCUT2D eigenvalue weighted by atomic mass is 35.5. The van der Waals surface area contributed by atoms with Gasteiger partial charge in [0, 0.05) is 6.42 Å². The Morgan fingerprint density at radius 3 is 2.90 bits per heavy atom. The fourth-order valence-corrected chi connectivity index (χ4v) is 0.938. The molecule has 0 saturated carbocycles.